The molecule has 0 bridgehead atoms. The lowest BCUT2D eigenvalue weighted by molar-refractivity contribution is 0.316. The maximum absolute atomic E-state index is 6.08. The third kappa shape index (κ3) is 3.94. The molecule has 0 unspecified atom stereocenters. The molecule has 2 heteroatoms. The number of benzene rings is 1. The van der Waals surface area contributed by atoms with Gasteiger partial charge in [0.1, 0.15) is 0 Å². The Morgan fingerprint density at radius 1 is 1.14 bits per heavy atom. The summed E-state index contributed by atoms with van der Waals surface area (Å²) in [5, 5.41) is 4.32. The summed E-state index contributed by atoms with van der Waals surface area (Å²) in [5.74, 6) is 0.875. The van der Waals surface area contributed by atoms with Crippen molar-refractivity contribution < 1.29 is 0 Å². The SMILES string of the molecule is CC1(C)CCC(CC2CCNCC2)=C(c2ccc(Cl)cc2)C1. The van der Waals surface area contributed by atoms with E-state index in [1.54, 1.807) is 11.1 Å². The quantitative estimate of drug-likeness (QED) is 0.754. The first-order chi connectivity index (χ1) is 10.5. The van der Waals surface area contributed by atoms with E-state index < -0.39 is 0 Å². The first-order valence-corrected chi connectivity index (χ1v) is 9.09. The number of hydrogen-bond donors (Lipinski definition) is 1. The highest BCUT2D eigenvalue weighted by molar-refractivity contribution is 6.30. The zero-order valence-corrected chi connectivity index (χ0v) is 14.7. The molecule has 0 aromatic heterocycles. The standard InChI is InChI=1S/C20H28ClN/c1-20(2)10-7-17(13-15-8-11-22-12-9-15)19(14-20)16-3-5-18(21)6-4-16/h3-6,15,22H,7-14H2,1-2H3. The van der Waals surface area contributed by atoms with Crippen LogP contribution in [-0.4, -0.2) is 13.1 Å². The Morgan fingerprint density at radius 2 is 1.82 bits per heavy atom. The third-order valence-electron chi connectivity index (χ3n) is 5.37. The van der Waals surface area contributed by atoms with Crippen LogP contribution in [0, 0.1) is 11.3 Å². The first kappa shape index (κ1) is 16.1. The van der Waals surface area contributed by atoms with Crippen LogP contribution in [-0.2, 0) is 0 Å². The Bertz CT molecular complexity index is 535. The Balaban J connectivity index is 1.87. The van der Waals surface area contributed by atoms with Gasteiger partial charge in [-0.15, -0.1) is 0 Å². The van der Waals surface area contributed by atoms with Crippen molar-refractivity contribution in [2.45, 2.75) is 52.4 Å². The molecule has 1 saturated heterocycles. The van der Waals surface area contributed by atoms with E-state index in [0.29, 0.717) is 5.41 Å². The molecule has 0 saturated carbocycles. The molecule has 1 aromatic carbocycles. The molecule has 1 heterocycles. The average Bonchev–Trinajstić information content (AvgIpc) is 2.51. The second kappa shape index (κ2) is 6.76. The van der Waals surface area contributed by atoms with Crippen LogP contribution in [0.15, 0.2) is 29.8 Å². The predicted molar refractivity (Wildman–Crippen MR) is 96.2 cm³/mol. The number of piperidine rings is 1. The molecule has 0 atom stereocenters. The van der Waals surface area contributed by atoms with Crippen molar-refractivity contribution in [1.82, 2.24) is 5.32 Å². The van der Waals surface area contributed by atoms with Gasteiger partial charge < -0.3 is 5.32 Å². The molecule has 1 fully saturated rings. The van der Waals surface area contributed by atoms with Gasteiger partial charge in [0.05, 0.1) is 0 Å². The van der Waals surface area contributed by atoms with Crippen LogP contribution in [0.4, 0.5) is 0 Å². The summed E-state index contributed by atoms with van der Waals surface area (Å²) in [7, 11) is 0. The Labute approximate surface area is 140 Å². The summed E-state index contributed by atoms with van der Waals surface area (Å²) in [4.78, 5) is 0. The van der Waals surface area contributed by atoms with E-state index in [2.05, 4.69) is 31.3 Å². The van der Waals surface area contributed by atoms with Crippen molar-refractivity contribution >= 4 is 17.2 Å². The van der Waals surface area contributed by atoms with E-state index in [1.165, 1.54) is 57.2 Å². The Hall–Kier alpha value is -0.790. The molecular weight excluding hydrogens is 290 g/mol. The monoisotopic (exact) mass is 317 g/mol. The van der Waals surface area contributed by atoms with Crippen LogP contribution in [0.2, 0.25) is 5.02 Å². The molecule has 3 rings (SSSR count). The molecule has 1 aromatic rings. The van der Waals surface area contributed by atoms with Gasteiger partial charge in [-0.25, -0.2) is 0 Å². The molecule has 1 aliphatic heterocycles. The van der Waals surface area contributed by atoms with Crippen LogP contribution in [0.25, 0.3) is 5.57 Å². The highest BCUT2D eigenvalue weighted by atomic mass is 35.5. The van der Waals surface area contributed by atoms with Gasteiger partial charge in [0.15, 0.2) is 0 Å². The minimum atomic E-state index is 0.423. The van der Waals surface area contributed by atoms with Crippen LogP contribution < -0.4 is 5.32 Å². The molecule has 1 nitrogen and oxygen atoms in total. The average molecular weight is 318 g/mol. The lowest BCUT2D eigenvalue weighted by atomic mass is 9.70. The fourth-order valence-electron chi connectivity index (χ4n) is 3.95. The number of rotatable bonds is 3. The number of allylic oxidation sites excluding steroid dienone is 2. The molecule has 1 aliphatic carbocycles. The number of halogens is 1. The van der Waals surface area contributed by atoms with Gasteiger partial charge in [-0.3, -0.25) is 0 Å². The summed E-state index contributed by atoms with van der Waals surface area (Å²) in [6, 6.07) is 8.49. The lowest BCUT2D eigenvalue weighted by Gasteiger charge is -2.35. The van der Waals surface area contributed by atoms with Gasteiger partial charge >= 0.3 is 0 Å². The molecule has 1 N–H and O–H groups in total. The smallest absolute Gasteiger partial charge is 0.0406 e. The van der Waals surface area contributed by atoms with Gasteiger partial charge in [-0.05, 0) is 86.2 Å². The van der Waals surface area contributed by atoms with Gasteiger partial charge in [0, 0.05) is 5.02 Å². The zero-order valence-electron chi connectivity index (χ0n) is 13.9. The summed E-state index contributed by atoms with van der Waals surface area (Å²) in [6.07, 6.45) is 7.77. The highest BCUT2D eigenvalue weighted by Crippen LogP contribution is 2.45. The fraction of sp³-hybridized carbons (Fsp3) is 0.600. The van der Waals surface area contributed by atoms with Crippen LogP contribution >= 0.6 is 11.6 Å². The van der Waals surface area contributed by atoms with Crippen molar-refractivity contribution in [2.75, 3.05) is 13.1 Å². The van der Waals surface area contributed by atoms with Crippen LogP contribution in [0.3, 0.4) is 0 Å². The van der Waals surface area contributed by atoms with Crippen molar-refractivity contribution in [3.05, 3.63) is 40.4 Å². The molecule has 0 radical (unpaired) electrons. The predicted octanol–water partition coefficient (Wildman–Crippen LogP) is 5.69. The molecule has 0 amide bonds. The molecule has 2 aliphatic rings. The van der Waals surface area contributed by atoms with E-state index in [-0.39, 0.29) is 0 Å². The van der Waals surface area contributed by atoms with Crippen molar-refractivity contribution in [3.63, 3.8) is 0 Å². The fourth-order valence-corrected chi connectivity index (χ4v) is 4.07. The topological polar surface area (TPSA) is 12.0 Å². The highest BCUT2D eigenvalue weighted by Gasteiger charge is 2.29. The third-order valence-corrected chi connectivity index (χ3v) is 5.62. The minimum absolute atomic E-state index is 0.423. The maximum atomic E-state index is 6.08. The zero-order chi connectivity index (χ0) is 15.6. The van der Waals surface area contributed by atoms with E-state index in [1.807, 2.05) is 12.1 Å². The Kier molecular flexibility index (Phi) is 4.94. The van der Waals surface area contributed by atoms with E-state index in [0.717, 1.165) is 10.9 Å². The van der Waals surface area contributed by atoms with Crippen LogP contribution in [0.1, 0.15) is 57.9 Å². The van der Waals surface area contributed by atoms with Gasteiger partial charge in [0.25, 0.3) is 0 Å². The van der Waals surface area contributed by atoms with Gasteiger partial charge in [-0.2, -0.15) is 0 Å². The number of hydrogen-bond acceptors (Lipinski definition) is 1. The largest absolute Gasteiger partial charge is 0.317 e. The van der Waals surface area contributed by atoms with E-state index >= 15 is 0 Å². The first-order valence-electron chi connectivity index (χ1n) is 8.71. The molecule has 0 spiro atoms. The van der Waals surface area contributed by atoms with E-state index in [4.69, 9.17) is 11.6 Å². The van der Waals surface area contributed by atoms with Crippen molar-refractivity contribution in [2.24, 2.45) is 11.3 Å². The minimum Gasteiger partial charge on any atom is -0.317 e. The molecule has 22 heavy (non-hydrogen) atoms. The van der Waals surface area contributed by atoms with Gasteiger partial charge in [-0.1, -0.05) is 43.2 Å². The summed E-state index contributed by atoms with van der Waals surface area (Å²) >= 11 is 6.08. The van der Waals surface area contributed by atoms with E-state index in [9.17, 15) is 0 Å². The van der Waals surface area contributed by atoms with Crippen molar-refractivity contribution in [3.8, 4) is 0 Å². The summed E-state index contributed by atoms with van der Waals surface area (Å²) in [6.45, 7) is 7.20. The number of nitrogens with one attached hydrogen (secondary N) is 1. The molecule has 120 valence electrons. The second-order valence-electron chi connectivity index (χ2n) is 7.83. The van der Waals surface area contributed by atoms with Crippen LogP contribution in [0.5, 0.6) is 0 Å². The normalized spacial score (nSPS) is 22.9. The van der Waals surface area contributed by atoms with Crippen molar-refractivity contribution in [1.29, 1.82) is 0 Å². The summed E-state index contributed by atoms with van der Waals surface area (Å²) in [5.41, 5.74) is 5.13. The second-order valence-corrected chi connectivity index (χ2v) is 8.26. The summed E-state index contributed by atoms with van der Waals surface area (Å²) < 4.78 is 0. The molecular formula is C20H28ClN. The van der Waals surface area contributed by atoms with Gasteiger partial charge in [0.2, 0.25) is 0 Å². The lowest BCUT2D eigenvalue weighted by Crippen LogP contribution is -2.28. The Morgan fingerprint density at radius 3 is 2.50 bits per heavy atom. The maximum Gasteiger partial charge on any atom is 0.0406 e.